The molecule has 0 saturated carbocycles. The molecule has 2 aromatic rings. The second-order valence-electron chi connectivity index (χ2n) is 5.06. The molecule has 108 valence electrons. The van der Waals surface area contributed by atoms with Crippen LogP contribution in [0.3, 0.4) is 0 Å². The Morgan fingerprint density at radius 2 is 2.10 bits per heavy atom. The van der Waals surface area contributed by atoms with Crippen molar-refractivity contribution in [3.8, 4) is 0 Å². The zero-order valence-electron chi connectivity index (χ0n) is 12.0. The lowest BCUT2D eigenvalue weighted by molar-refractivity contribution is -0.125. The number of halogens is 1. The topological polar surface area (TPSA) is 44.9 Å². The van der Waals surface area contributed by atoms with Gasteiger partial charge in [-0.05, 0) is 43.0 Å². The quantitative estimate of drug-likeness (QED) is 0.834. The molecule has 0 aliphatic heterocycles. The minimum Gasteiger partial charge on any atom is -0.361 e. The van der Waals surface area contributed by atoms with Crippen LogP contribution in [0.15, 0.2) is 24.4 Å². The molecule has 0 radical (unpaired) electrons. The fraction of sp³-hybridized carbons (Fsp3) is 0.438. The van der Waals surface area contributed by atoms with E-state index in [1.54, 1.807) is 6.07 Å². The third-order valence-electron chi connectivity index (χ3n) is 3.78. The molecule has 2 N–H and O–H groups in total. The molecule has 1 aromatic carbocycles. The summed E-state index contributed by atoms with van der Waals surface area (Å²) in [5, 5.41) is 3.85. The molecule has 0 unspecified atom stereocenters. The van der Waals surface area contributed by atoms with Crippen molar-refractivity contribution in [2.45, 2.75) is 33.1 Å². The van der Waals surface area contributed by atoms with E-state index >= 15 is 0 Å². The summed E-state index contributed by atoms with van der Waals surface area (Å²) in [5.74, 6) is -0.0316. The van der Waals surface area contributed by atoms with Crippen LogP contribution in [0.5, 0.6) is 0 Å². The largest absolute Gasteiger partial charge is 0.361 e. The van der Waals surface area contributed by atoms with Crippen molar-refractivity contribution in [3.05, 3.63) is 35.8 Å². The minimum absolute atomic E-state index is 0.0930. The van der Waals surface area contributed by atoms with Crippen LogP contribution in [-0.2, 0) is 11.2 Å². The number of hydrogen-bond acceptors (Lipinski definition) is 1. The summed E-state index contributed by atoms with van der Waals surface area (Å²) in [6.07, 6.45) is 4.31. The highest BCUT2D eigenvalue weighted by Crippen LogP contribution is 2.19. The molecule has 1 aromatic heterocycles. The van der Waals surface area contributed by atoms with Crippen LogP contribution >= 0.6 is 0 Å². The van der Waals surface area contributed by atoms with Gasteiger partial charge in [0.05, 0.1) is 0 Å². The van der Waals surface area contributed by atoms with Crippen LogP contribution in [0, 0.1) is 11.7 Å². The van der Waals surface area contributed by atoms with Gasteiger partial charge in [0.15, 0.2) is 0 Å². The van der Waals surface area contributed by atoms with Crippen LogP contribution in [0.1, 0.15) is 32.3 Å². The van der Waals surface area contributed by atoms with E-state index in [4.69, 9.17) is 0 Å². The number of nitrogens with one attached hydrogen (secondary N) is 2. The van der Waals surface area contributed by atoms with Crippen LogP contribution < -0.4 is 5.32 Å². The normalized spacial score (nSPS) is 11.2. The molecule has 2 rings (SSSR count). The van der Waals surface area contributed by atoms with E-state index in [1.165, 1.54) is 12.1 Å². The van der Waals surface area contributed by atoms with Crippen molar-refractivity contribution in [2.75, 3.05) is 6.54 Å². The summed E-state index contributed by atoms with van der Waals surface area (Å²) in [6, 6.07) is 4.71. The van der Waals surface area contributed by atoms with Gasteiger partial charge in [0.25, 0.3) is 0 Å². The van der Waals surface area contributed by atoms with Gasteiger partial charge in [0.2, 0.25) is 5.91 Å². The van der Waals surface area contributed by atoms with Crippen molar-refractivity contribution in [1.82, 2.24) is 10.3 Å². The van der Waals surface area contributed by atoms with Crippen LogP contribution in [0.4, 0.5) is 4.39 Å². The van der Waals surface area contributed by atoms with Crippen LogP contribution in [0.25, 0.3) is 10.9 Å². The lowest BCUT2D eigenvalue weighted by Crippen LogP contribution is -2.31. The van der Waals surface area contributed by atoms with Crippen molar-refractivity contribution in [3.63, 3.8) is 0 Å². The molecular formula is C16H21FN2O. The highest BCUT2D eigenvalue weighted by Gasteiger charge is 2.13. The molecule has 0 saturated heterocycles. The van der Waals surface area contributed by atoms with E-state index in [0.717, 1.165) is 29.3 Å². The fourth-order valence-electron chi connectivity index (χ4n) is 2.48. The molecule has 1 heterocycles. The van der Waals surface area contributed by atoms with Gasteiger partial charge < -0.3 is 10.3 Å². The van der Waals surface area contributed by atoms with E-state index in [2.05, 4.69) is 10.3 Å². The van der Waals surface area contributed by atoms with Gasteiger partial charge in [-0.25, -0.2) is 4.39 Å². The Balaban J connectivity index is 1.96. The maximum absolute atomic E-state index is 13.3. The molecule has 1 amide bonds. The van der Waals surface area contributed by atoms with E-state index in [0.29, 0.717) is 13.0 Å². The average molecular weight is 276 g/mol. The highest BCUT2D eigenvalue weighted by molar-refractivity contribution is 5.83. The fourth-order valence-corrected chi connectivity index (χ4v) is 2.48. The van der Waals surface area contributed by atoms with Crippen molar-refractivity contribution in [2.24, 2.45) is 5.92 Å². The Hall–Kier alpha value is -1.84. The number of benzene rings is 1. The second kappa shape index (κ2) is 6.55. The van der Waals surface area contributed by atoms with Crippen molar-refractivity contribution < 1.29 is 9.18 Å². The van der Waals surface area contributed by atoms with Crippen LogP contribution in [0.2, 0.25) is 0 Å². The minimum atomic E-state index is -0.237. The number of amides is 1. The maximum Gasteiger partial charge on any atom is 0.223 e. The molecule has 0 aliphatic rings. The Morgan fingerprint density at radius 3 is 2.80 bits per heavy atom. The summed E-state index contributed by atoms with van der Waals surface area (Å²) in [7, 11) is 0. The van der Waals surface area contributed by atoms with Gasteiger partial charge in [0.1, 0.15) is 5.82 Å². The van der Waals surface area contributed by atoms with E-state index in [1.807, 2.05) is 20.0 Å². The summed E-state index contributed by atoms with van der Waals surface area (Å²) >= 11 is 0. The molecule has 0 bridgehead atoms. The smallest absolute Gasteiger partial charge is 0.223 e. The molecule has 20 heavy (non-hydrogen) atoms. The van der Waals surface area contributed by atoms with Crippen molar-refractivity contribution >= 4 is 16.8 Å². The lowest BCUT2D eigenvalue weighted by Gasteiger charge is -2.12. The van der Waals surface area contributed by atoms with Crippen LogP contribution in [-0.4, -0.2) is 17.4 Å². The SMILES string of the molecule is CCC(CC)C(=O)NCCc1c[nH]c2ccc(F)cc12. The number of aromatic amines is 1. The van der Waals surface area contributed by atoms with Gasteiger partial charge in [0, 0.05) is 29.6 Å². The van der Waals surface area contributed by atoms with E-state index in [-0.39, 0.29) is 17.6 Å². The molecule has 3 nitrogen and oxygen atoms in total. The Morgan fingerprint density at radius 1 is 1.35 bits per heavy atom. The Bertz CT molecular complexity index is 587. The molecule has 0 aliphatic carbocycles. The summed E-state index contributed by atoms with van der Waals surface area (Å²) < 4.78 is 13.3. The van der Waals surface area contributed by atoms with Gasteiger partial charge in [-0.2, -0.15) is 0 Å². The second-order valence-corrected chi connectivity index (χ2v) is 5.06. The number of aromatic nitrogens is 1. The number of fused-ring (bicyclic) bond motifs is 1. The van der Waals surface area contributed by atoms with Gasteiger partial charge >= 0.3 is 0 Å². The standard InChI is InChI=1S/C16H21FN2O/c1-3-11(4-2)16(20)18-8-7-12-10-19-15-6-5-13(17)9-14(12)15/h5-6,9-11,19H,3-4,7-8H2,1-2H3,(H,18,20). The number of H-pyrrole nitrogens is 1. The molecule has 4 heteroatoms. The average Bonchev–Trinajstić information content (AvgIpc) is 2.83. The maximum atomic E-state index is 13.3. The number of carbonyl (C=O) groups excluding carboxylic acids is 1. The molecular weight excluding hydrogens is 255 g/mol. The Kier molecular flexibility index (Phi) is 4.77. The third kappa shape index (κ3) is 3.18. The number of hydrogen-bond donors (Lipinski definition) is 2. The first kappa shape index (κ1) is 14.6. The predicted molar refractivity (Wildman–Crippen MR) is 79.0 cm³/mol. The van der Waals surface area contributed by atoms with E-state index in [9.17, 15) is 9.18 Å². The molecule has 0 atom stereocenters. The van der Waals surface area contributed by atoms with Gasteiger partial charge in [-0.15, -0.1) is 0 Å². The first-order valence-corrected chi connectivity index (χ1v) is 7.18. The van der Waals surface area contributed by atoms with E-state index < -0.39 is 0 Å². The first-order chi connectivity index (χ1) is 9.65. The zero-order valence-corrected chi connectivity index (χ0v) is 12.0. The van der Waals surface area contributed by atoms with Gasteiger partial charge in [-0.1, -0.05) is 13.8 Å². The summed E-state index contributed by atoms with van der Waals surface area (Å²) in [6.45, 7) is 4.63. The monoisotopic (exact) mass is 276 g/mol. The number of rotatable bonds is 6. The van der Waals surface area contributed by atoms with Crippen molar-refractivity contribution in [1.29, 1.82) is 0 Å². The highest BCUT2D eigenvalue weighted by atomic mass is 19.1. The lowest BCUT2D eigenvalue weighted by atomic mass is 10.0. The zero-order chi connectivity index (χ0) is 14.5. The Labute approximate surface area is 118 Å². The molecule has 0 spiro atoms. The third-order valence-corrected chi connectivity index (χ3v) is 3.78. The first-order valence-electron chi connectivity index (χ1n) is 7.18. The molecule has 0 fully saturated rings. The summed E-state index contributed by atoms with van der Waals surface area (Å²) in [5.41, 5.74) is 1.96. The van der Waals surface area contributed by atoms with Gasteiger partial charge in [-0.3, -0.25) is 4.79 Å². The summed E-state index contributed by atoms with van der Waals surface area (Å²) in [4.78, 5) is 15.0. The predicted octanol–water partition coefficient (Wildman–Crippen LogP) is 3.40. The number of carbonyl (C=O) groups is 1.